The Morgan fingerprint density at radius 1 is 1.08 bits per heavy atom. The van der Waals surface area contributed by atoms with Gasteiger partial charge in [0.25, 0.3) is 0 Å². The number of carbonyl (C=O) groups is 4. The molecule has 0 aromatic heterocycles. The number of ether oxygens (including phenoxy) is 2. The van der Waals surface area contributed by atoms with E-state index in [9.17, 15) is 19.2 Å². The van der Waals surface area contributed by atoms with Crippen LogP contribution in [0.15, 0.2) is 0 Å². The minimum absolute atomic E-state index is 0.0877. The van der Waals surface area contributed by atoms with Crippen molar-refractivity contribution < 1.29 is 28.7 Å². The van der Waals surface area contributed by atoms with Crippen molar-refractivity contribution in [2.24, 2.45) is 5.92 Å². The molecule has 0 N–H and O–H groups in total. The standard InChI is InChI=1S/C17H24N2O6/c1-17(2,3)25-16(23)12-9(15(22)24-4)8-11-13(20)18-7-5-6-10(18)14(21)19(11)12/h9-12H,5-8H2,1-4H3/t9-,10+,11+,12-/m1/s1. The normalized spacial score (nSPS) is 31.7. The van der Waals surface area contributed by atoms with E-state index in [1.807, 2.05) is 0 Å². The highest BCUT2D eigenvalue weighted by atomic mass is 16.6. The van der Waals surface area contributed by atoms with Crippen molar-refractivity contribution >= 4 is 23.8 Å². The molecule has 3 fully saturated rings. The molecular formula is C17H24N2O6. The number of nitrogens with zero attached hydrogens (tertiary/aromatic N) is 2. The van der Waals surface area contributed by atoms with Crippen LogP contribution < -0.4 is 0 Å². The molecule has 4 atom stereocenters. The average Bonchev–Trinajstić information content (AvgIpc) is 3.15. The molecule has 8 nitrogen and oxygen atoms in total. The van der Waals surface area contributed by atoms with Gasteiger partial charge < -0.3 is 19.3 Å². The zero-order chi connectivity index (χ0) is 18.5. The maximum atomic E-state index is 12.9. The second-order valence-corrected chi connectivity index (χ2v) is 7.79. The Morgan fingerprint density at radius 2 is 1.76 bits per heavy atom. The lowest BCUT2D eigenvalue weighted by Crippen LogP contribution is -2.63. The van der Waals surface area contributed by atoms with Crippen LogP contribution in [-0.2, 0) is 28.7 Å². The van der Waals surface area contributed by atoms with Gasteiger partial charge in [0.1, 0.15) is 23.7 Å². The highest BCUT2D eigenvalue weighted by Crippen LogP contribution is 2.39. The predicted octanol–water partition coefficient (Wildman–Crippen LogP) is 0.0914. The van der Waals surface area contributed by atoms with Crippen molar-refractivity contribution in [1.82, 2.24) is 9.80 Å². The monoisotopic (exact) mass is 352 g/mol. The van der Waals surface area contributed by atoms with E-state index in [-0.39, 0.29) is 18.2 Å². The van der Waals surface area contributed by atoms with Crippen molar-refractivity contribution in [3.05, 3.63) is 0 Å². The number of piperazine rings is 1. The second-order valence-electron chi connectivity index (χ2n) is 7.79. The number of amides is 2. The molecule has 0 unspecified atom stereocenters. The molecule has 3 aliphatic rings. The Hall–Kier alpha value is -2.12. The molecule has 3 rings (SSSR count). The van der Waals surface area contributed by atoms with E-state index >= 15 is 0 Å². The van der Waals surface area contributed by atoms with Gasteiger partial charge in [-0.15, -0.1) is 0 Å². The van der Waals surface area contributed by atoms with Crippen LogP contribution in [0.4, 0.5) is 0 Å². The fourth-order valence-electron chi connectivity index (χ4n) is 4.05. The summed E-state index contributed by atoms with van der Waals surface area (Å²) < 4.78 is 10.2. The van der Waals surface area contributed by atoms with Crippen molar-refractivity contribution in [3.8, 4) is 0 Å². The lowest BCUT2D eigenvalue weighted by Gasteiger charge is -2.40. The maximum absolute atomic E-state index is 12.9. The molecule has 25 heavy (non-hydrogen) atoms. The van der Waals surface area contributed by atoms with E-state index in [2.05, 4.69) is 0 Å². The van der Waals surface area contributed by atoms with Gasteiger partial charge in [-0.05, 0) is 40.0 Å². The van der Waals surface area contributed by atoms with Gasteiger partial charge >= 0.3 is 11.9 Å². The quantitative estimate of drug-likeness (QED) is 0.654. The summed E-state index contributed by atoms with van der Waals surface area (Å²) in [6, 6.07) is -2.45. The fourth-order valence-corrected chi connectivity index (χ4v) is 4.05. The van der Waals surface area contributed by atoms with E-state index in [4.69, 9.17) is 9.47 Å². The van der Waals surface area contributed by atoms with E-state index in [0.717, 1.165) is 6.42 Å². The molecule has 0 aromatic rings. The lowest BCUT2D eigenvalue weighted by atomic mass is 9.98. The molecule has 0 spiro atoms. The highest BCUT2D eigenvalue weighted by molar-refractivity contribution is 6.02. The first-order valence-corrected chi connectivity index (χ1v) is 8.59. The summed E-state index contributed by atoms with van der Waals surface area (Å²) in [5, 5.41) is 0. The third kappa shape index (κ3) is 2.87. The van der Waals surface area contributed by atoms with E-state index < -0.39 is 41.6 Å². The van der Waals surface area contributed by atoms with Crippen LogP contribution in [0.1, 0.15) is 40.0 Å². The van der Waals surface area contributed by atoms with Gasteiger partial charge in [0.2, 0.25) is 11.8 Å². The third-order valence-electron chi connectivity index (χ3n) is 5.01. The molecule has 138 valence electrons. The average molecular weight is 352 g/mol. The predicted molar refractivity (Wildman–Crippen MR) is 85.1 cm³/mol. The lowest BCUT2D eigenvalue weighted by molar-refractivity contribution is -0.173. The van der Waals surface area contributed by atoms with Crippen molar-refractivity contribution in [2.75, 3.05) is 13.7 Å². The molecule has 0 bridgehead atoms. The van der Waals surface area contributed by atoms with E-state index in [1.54, 1.807) is 25.7 Å². The number of carbonyl (C=O) groups excluding carboxylic acids is 4. The number of hydrogen-bond acceptors (Lipinski definition) is 6. The van der Waals surface area contributed by atoms with Crippen LogP contribution in [0.25, 0.3) is 0 Å². The SMILES string of the molecule is COC(=O)[C@@H]1C[C@H]2C(=O)N3CCC[C@H]3C(=O)N2[C@H]1C(=O)OC(C)(C)C. The van der Waals surface area contributed by atoms with Gasteiger partial charge in [-0.3, -0.25) is 14.4 Å². The Bertz CT molecular complexity index is 625. The van der Waals surface area contributed by atoms with Gasteiger partial charge in [-0.25, -0.2) is 4.79 Å². The first-order chi connectivity index (χ1) is 11.7. The van der Waals surface area contributed by atoms with Gasteiger partial charge in [-0.1, -0.05) is 0 Å². The van der Waals surface area contributed by atoms with Crippen LogP contribution in [-0.4, -0.2) is 70.9 Å². The van der Waals surface area contributed by atoms with E-state index in [1.165, 1.54) is 12.0 Å². The summed E-state index contributed by atoms with van der Waals surface area (Å²) in [4.78, 5) is 53.5. The molecule has 3 aliphatic heterocycles. The highest BCUT2D eigenvalue weighted by Gasteiger charge is 2.60. The van der Waals surface area contributed by atoms with Gasteiger partial charge in [0, 0.05) is 6.54 Å². The van der Waals surface area contributed by atoms with Crippen molar-refractivity contribution in [3.63, 3.8) is 0 Å². The number of methoxy groups -OCH3 is 1. The summed E-state index contributed by atoms with van der Waals surface area (Å²) in [6.07, 6.45) is 1.43. The Balaban J connectivity index is 1.97. The molecule has 0 aliphatic carbocycles. The molecule has 2 amide bonds. The smallest absolute Gasteiger partial charge is 0.330 e. The number of esters is 2. The van der Waals surface area contributed by atoms with Gasteiger partial charge in [0.15, 0.2) is 0 Å². The number of rotatable bonds is 2. The number of fused-ring (bicyclic) bond motifs is 2. The molecule has 0 saturated carbocycles. The van der Waals surface area contributed by atoms with Crippen LogP contribution in [0.5, 0.6) is 0 Å². The minimum Gasteiger partial charge on any atom is -0.469 e. The zero-order valence-corrected chi connectivity index (χ0v) is 15.0. The second kappa shape index (κ2) is 6.00. The van der Waals surface area contributed by atoms with Crippen molar-refractivity contribution in [2.45, 2.75) is 63.8 Å². The largest absolute Gasteiger partial charge is 0.469 e. The molecule has 8 heteroatoms. The first kappa shape index (κ1) is 17.7. The summed E-state index contributed by atoms with van der Waals surface area (Å²) >= 11 is 0. The Labute approximate surface area is 146 Å². The summed E-state index contributed by atoms with van der Waals surface area (Å²) in [5.74, 6) is -2.63. The van der Waals surface area contributed by atoms with Gasteiger partial charge in [-0.2, -0.15) is 0 Å². The fraction of sp³-hybridized carbons (Fsp3) is 0.765. The molecule has 3 heterocycles. The molecular weight excluding hydrogens is 328 g/mol. The summed E-state index contributed by atoms with van der Waals surface area (Å²) in [6.45, 7) is 5.69. The third-order valence-corrected chi connectivity index (χ3v) is 5.01. The van der Waals surface area contributed by atoms with Crippen LogP contribution in [0.2, 0.25) is 0 Å². The maximum Gasteiger partial charge on any atom is 0.330 e. The Kier molecular flexibility index (Phi) is 4.25. The van der Waals surface area contributed by atoms with Crippen molar-refractivity contribution in [1.29, 1.82) is 0 Å². The molecule has 3 saturated heterocycles. The van der Waals surface area contributed by atoms with Crippen LogP contribution in [0, 0.1) is 5.92 Å². The van der Waals surface area contributed by atoms with E-state index in [0.29, 0.717) is 13.0 Å². The van der Waals surface area contributed by atoms with Crippen LogP contribution in [0.3, 0.4) is 0 Å². The Morgan fingerprint density at radius 3 is 2.36 bits per heavy atom. The molecule has 0 radical (unpaired) electrons. The number of hydrogen-bond donors (Lipinski definition) is 0. The van der Waals surface area contributed by atoms with Gasteiger partial charge in [0.05, 0.1) is 13.0 Å². The van der Waals surface area contributed by atoms with Crippen LogP contribution >= 0.6 is 0 Å². The molecule has 0 aromatic carbocycles. The zero-order valence-electron chi connectivity index (χ0n) is 15.0. The summed E-state index contributed by atoms with van der Waals surface area (Å²) in [7, 11) is 1.23. The first-order valence-electron chi connectivity index (χ1n) is 8.59. The minimum atomic E-state index is -1.11. The summed E-state index contributed by atoms with van der Waals surface area (Å²) in [5.41, 5.74) is -0.766. The topological polar surface area (TPSA) is 93.2 Å².